The van der Waals surface area contributed by atoms with Crippen LogP contribution in [-0.2, 0) is 0 Å². The molecule has 1 aromatic rings. The van der Waals surface area contributed by atoms with E-state index in [9.17, 15) is 9.59 Å². The van der Waals surface area contributed by atoms with Gasteiger partial charge in [-0.3, -0.25) is 4.79 Å². The topological polar surface area (TPSA) is 78.2 Å². The molecule has 70 valence electrons. The van der Waals surface area contributed by atoms with Crippen molar-refractivity contribution < 1.29 is 14.7 Å². The van der Waals surface area contributed by atoms with Crippen LogP contribution in [0.4, 0.5) is 0 Å². The van der Waals surface area contributed by atoms with Gasteiger partial charge in [-0.15, -0.1) is 0 Å². The molecule has 0 saturated carbocycles. The molecule has 0 saturated heterocycles. The third-order valence-electron chi connectivity index (χ3n) is 1.58. The largest absolute Gasteiger partial charge is 0.478 e. The van der Waals surface area contributed by atoms with Gasteiger partial charge in [0.05, 0.1) is 11.1 Å². The van der Waals surface area contributed by atoms with E-state index in [2.05, 4.69) is 15.9 Å². The highest BCUT2D eigenvalue weighted by molar-refractivity contribution is 9.10. The number of carboxylic acids is 1. The zero-order valence-corrected chi connectivity index (χ0v) is 8.41. The van der Waals surface area contributed by atoms with E-state index < -0.39 is 5.97 Å². The smallest absolute Gasteiger partial charge is 0.336 e. The Morgan fingerprint density at radius 1 is 1.57 bits per heavy atom. The first kappa shape index (κ1) is 10.4. The average Bonchev–Trinajstić information content (AvgIpc) is 2.17. The van der Waals surface area contributed by atoms with Gasteiger partial charge >= 0.3 is 5.97 Å². The molecule has 0 spiro atoms. The van der Waals surface area contributed by atoms with Crippen LogP contribution < -0.4 is 0 Å². The molecular weight excluding hydrogens is 250 g/mol. The number of carboxylic acid groups (broad SMARTS) is 1. The minimum atomic E-state index is -1.18. The van der Waals surface area contributed by atoms with Crippen LogP contribution in [0.1, 0.15) is 26.3 Å². The molecule has 0 heterocycles. The first-order valence-electron chi connectivity index (χ1n) is 3.52. The third-order valence-corrected chi connectivity index (χ3v) is 2.44. The Kier molecular flexibility index (Phi) is 2.99. The second-order valence-electron chi connectivity index (χ2n) is 2.46. The van der Waals surface area contributed by atoms with Gasteiger partial charge in [-0.25, -0.2) is 4.79 Å². The molecule has 1 N–H and O–H groups in total. The summed E-state index contributed by atoms with van der Waals surface area (Å²) >= 11 is 2.99. The summed E-state index contributed by atoms with van der Waals surface area (Å²) in [5.74, 6) is -1.18. The predicted molar refractivity (Wildman–Crippen MR) is 51.2 cm³/mol. The van der Waals surface area contributed by atoms with Crippen molar-refractivity contribution >= 4 is 28.2 Å². The molecule has 0 bridgehead atoms. The van der Waals surface area contributed by atoms with Crippen molar-refractivity contribution in [2.24, 2.45) is 0 Å². The maximum atomic E-state index is 10.7. The zero-order valence-electron chi connectivity index (χ0n) is 6.82. The molecule has 0 atom stereocenters. The predicted octanol–water partition coefficient (Wildman–Crippen LogP) is 1.83. The molecule has 4 nitrogen and oxygen atoms in total. The summed E-state index contributed by atoms with van der Waals surface area (Å²) in [7, 11) is 0. The molecule has 0 aromatic heterocycles. The van der Waals surface area contributed by atoms with Gasteiger partial charge in [0, 0.05) is 10.0 Å². The van der Waals surface area contributed by atoms with Crippen LogP contribution in [0, 0.1) is 11.3 Å². The number of hydrogen-bond acceptors (Lipinski definition) is 3. The Balaban J connectivity index is 3.51. The molecular formula is C9H4BrNO3. The molecule has 0 radical (unpaired) electrons. The minimum Gasteiger partial charge on any atom is -0.478 e. The molecule has 14 heavy (non-hydrogen) atoms. The van der Waals surface area contributed by atoms with Gasteiger partial charge in [-0.2, -0.15) is 5.26 Å². The monoisotopic (exact) mass is 253 g/mol. The highest BCUT2D eigenvalue weighted by atomic mass is 79.9. The third kappa shape index (κ3) is 1.80. The number of rotatable bonds is 2. The average molecular weight is 254 g/mol. The number of carbonyl (C=O) groups is 2. The van der Waals surface area contributed by atoms with E-state index in [-0.39, 0.29) is 21.2 Å². The lowest BCUT2D eigenvalue weighted by molar-refractivity contribution is 0.0696. The highest BCUT2D eigenvalue weighted by Gasteiger charge is 2.13. The summed E-state index contributed by atoms with van der Waals surface area (Å²) in [6.07, 6.45) is 0.500. The van der Waals surface area contributed by atoms with Gasteiger partial charge < -0.3 is 5.11 Å². The molecule has 0 fully saturated rings. The standard InChI is InChI=1S/C9H4BrNO3/c10-8-6(3-11)1-5(4-12)2-7(8)9(13)14/h1-2,4H,(H,13,14). The fourth-order valence-corrected chi connectivity index (χ4v) is 1.44. The van der Waals surface area contributed by atoms with Gasteiger partial charge in [-0.1, -0.05) is 0 Å². The van der Waals surface area contributed by atoms with Crippen molar-refractivity contribution in [2.45, 2.75) is 0 Å². The molecule has 0 unspecified atom stereocenters. The summed E-state index contributed by atoms with van der Waals surface area (Å²) in [5.41, 5.74) is 0.209. The number of aldehydes is 1. The summed E-state index contributed by atoms with van der Waals surface area (Å²) < 4.78 is 0.193. The maximum Gasteiger partial charge on any atom is 0.336 e. The van der Waals surface area contributed by atoms with Crippen LogP contribution >= 0.6 is 15.9 Å². The first-order chi connectivity index (χ1) is 6.60. The fourth-order valence-electron chi connectivity index (χ4n) is 0.952. The van der Waals surface area contributed by atoms with Crippen molar-refractivity contribution in [3.05, 3.63) is 33.3 Å². The second kappa shape index (κ2) is 4.03. The number of hydrogen-bond donors (Lipinski definition) is 1. The van der Waals surface area contributed by atoms with Crippen LogP contribution in [-0.4, -0.2) is 17.4 Å². The highest BCUT2D eigenvalue weighted by Crippen LogP contribution is 2.22. The quantitative estimate of drug-likeness (QED) is 0.816. The first-order valence-corrected chi connectivity index (χ1v) is 4.31. The molecule has 1 aromatic carbocycles. The van der Waals surface area contributed by atoms with Gasteiger partial charge in [-0.05, 0) is 28.1 Å². The van der Waals surface area contributed by atoms with E-state index in [0.29, 0.717) is 6.29 Å². The van der Waals surface area contributed by atoms with E-state index in [1.165, 1.54) is 12.1 Å². The lowest BCUT2D eigenvalue weighted by Gasteiger charge is -2.01. The van der Waals surface area contributed by atoms with Gasteiger partial charge in [0.2, 0.25) is 0 Å². The Hall–Kier alpha value is -1.67. The number of aromatic carboxylic acids is 1. The normalized spacial score (nSPS) is 9.14. The number of carbonyl (C=O) groups excluding carboxylic acids is 1. The van der Waals surface area contributed by atoms with Crippen molar-refractivity contribution in [2.75, 3.05) is 0 Å². The summed E-state index contributed by atoms with van der Waals surface area (Å²) in [4.78, 5) is 21.1. The number of benzene rings is 1. The van der Waals surface area contributed by atoms with E-state index in [1.54, 1.807) is 6.07 Å². The van der Waals surface area contributed by atoms with Gasteiger partial charge in [0.15, 0.2) is 0 Å². The maximum absolute atomic E-state index is 10.7. The summed E-state index contributed by atoms with van der Waals surface area (Å²) in [5, 5.41) is 17.4. The lowest BCUT2D eigenvalue weighted by Crippen LogP contribution is -2.01. The molecule has 5 heteroatoms. The SMILES string of the molecule is N#Cc1cc(C=O)cc(C(=O)O)c1Br. The Morgan fingerprint density at radius 2 is 2.21 bits per heavy atom. The molecule has 0 aliphatic carbocycles. The summed E-state index contributed by atoms with van der Waals surface area (Å²) in [6.45, 7) is 0. The summed E-state index contributed by atoms with van der Waals surface area (Å²) in [6, 6.07) is 4.33. The molecule has 0 aliphatic heterocycles. The number of nitrogens with zero attached hydrogens (tertiary/aromatic N) is 1. The minimum absolute atomic E-state index is 0.0915. The lowest BCUT2D eigenvalue weighted by atomic mass is 10.1. The Labute approximate surface area is 87.9 Å². The van der Waals surface area contributed by atoms with Crippen molar-refractivity contribution in [3.63, 3.8) is 0 Å². The number of nitriles is 1. The molecule has 1 rings (SSSR count). The van der Waals surface area contributed by atoms with E-state index in [0.717, 1.165) is 0 Å². The number of halogens is 1. The fraction of sp³-hybridized carbons (Fsp3) is 0. The van der Waals surface area contributed by atoms with Crippen LogP contribution in [0.2, 0.25) is 0 Å². The van der Waals surface area contributed by atoms with Crippen LogP contribution in [0.15, 0.2) is 16.6 Å². The van der Waals surface area contributed by atoms with Crippen LogP contribution in [0.5, 0.6) is 0 Å². The van der Waals surface area contributed by atoms with E-state index in [4.69, 9.17) is 10.4 Å². The van der Waals surface area contributed by atoms with Crippen molar-refractivity contribution in [3.8, 4) is 6.07 Å². The molecule has 0 amide bonds. The van der Waals surface area contributed by atoms with Crippen molar-refractivity contribution in [1.29, 1.82) is 5.26 Å². The van der Waals surface area contributed by atoms with Crippen molar-refractivity contribution in [1.82, 2.24) is 0 Å². The Bertz CT molecular complexity index is 448. The second-order valence-corrected chi connectivity index (χ2v) is 3.26. The van der Waals surface area contributed by atoms with Crippen LogP contribution in [0.3, 0.4) is 0 Å². The van der Waals surface area contributed by atoms with Gasteiger partial charge in [0.25, 0.3) is 0 Å². The van der Waals surface area contributed by atoms with Gasteiger partial charge in [0.1, 0.15) is 12.4 Å². The Morgan fingerprint density at radius 3 is 2.64 bits per heavy atom. The molecule has 0 aliphatic rings. The van der Waals surface area contributed by atoms with E-state index >= 15 is 0 Å². The zero-order chi connectivity index (χ0) is 10.7. The van der Waals surface area contributed by atoms with E-state index in [1.807, 2.05) is 0 Å². The van der Waals surface area contributed by atoms with Crippen LogP contribution in [0.25, 0.3) is 0 Å².